The fraction of sp³-hybridized carbons (Fsp3) is 0.133. The zero-order valence-corrected chi connectivity index (χ0v) is 11.2. The molecule has 0 saturated heterocycles. The van der Waals surface area contributed by atoms with Gasteiger partial charge in [-0.1, -0.05) is 6.07 Å². The van der Waals surface area contributed by atoms with Gasteiger partial charge in [-0.15, -0.1) is 0 Å². The van der Waals surface area contributed by atoms with Crippen molar-refractivity contribution in [3.05, 3.63) is 53.3 Å². The van der Waals surface area contributed by atoms with E-state index < -0.39 is 29.1 Å². The molecule has 116 valence electrons. The van der Waals surface area contributed by atoms with Crippen LogP contribution in [-0.4, -0.2) is 18.2 Å². The molecule has 2 aromatic carbocycles. The molecule has 0 fully saturated rings. The first-order chi connectivity index (χ1) is 10.2. The van der Waals surface area contributed by atoms with E-state index >= 15 is 0 Å². The average Bonchev–Trinajstić information content (AvgIpc) is 2.45. The van der Waals surface area contributed by atoms with E-state index in [1.54, 1.807) is 0 Å². The summed E-state index contributed by atoms with van der Waals surface area (Å²) >= 11 is 0. The van der Waals surface area contributed by atoms with Gasteiger partial charge in [0.2, 0.25) is 0 Å². The highest BCUT2D eigenvalue weighted by Gasteiger charge is 2.31. The minimum atomic E-state index is -4.55. The Morgan fingerprint density at radius 3 is 2.32 bits per heavy atom. The third kappa shape index (κ3) is 3.03. The van der Waals surface area contributed by atoms with Gasteiger partial charge < -0.3 is 9.84 Å². The number of carboxylic acids is 1. The monoisotopic (exact) mass is 314 g/mol. The Morgan fingerprint density at radius 2 is 1.82 bits per heavy atom. The van der Waals surface area contributed by atoms with Crippen LogP contribution < -0.4 is 4.74 Å². The van der Waals surface area contributed by atoms with E-state index in [4.69, 9.17) is 9.84 Å². The summed E-state index contributed by atoms with van der Waals surface area (Å²) < 4.78 is 57.0. The largest absolute Gasteiger partial charge is 0.496 e. The van der Waals surface area contributed by atoms with Crippen LogP contribution in [0.4, 0.5) is 17.6 Å². The maximum Gasteiger partial charge on any atom is 0.416 e. The second-order valence-corrected chi connectivity index (χ2v) is 4.41. The molecule has 0 radical (unpaired) electrons. The van der Waals surface area contributed by atoms with E-state index in [0.29, 0.717) is 0 Å². The second-order valence-electron chi connectivity index (χ2n) is 4.41. The van der Waals surface area contributed by atoms with Gasteiger partial charge in [-0.25, -0.2) is 9.18 Å². The fourth-order valence-corrected chi connectivity index (χ4v) is 1.97. The van der Waals surface area contributed by atoms with Crippen LogP contribution in [0, 0.1) is 5.82 Å². The van der Waals surface area contributed by atoms with E-state index in [9.17, 15) is 22.4 Å². The predicted octanol–water partition coefficient (Wildman–Crippen LogP) is 4.22. The number of carbonyl (C=O) groups is 1. The minimum Gasteiger partial charge on any atom is -0.496 e. The summed E-state index contributed by atoms with van der Waals surface area (Å²) in [5.41, 5.74) is -1.36. The zero-order valence-electron chi connectivity index (χ0n) is 11.2. The molecule has 0 spiro atoms. The minimum absolute atomic E-state index is 0.0214. The number of methoxy groups -OCH3 is 1. The molecule has 0 atom stereocenters. The Morgan fingerprint density at radius 1 is 1.14 bits per heavy atom. The lowest BCUT2D eigenvalue weighted by molar-refractivity contribution is -0.137. The molecule has 1 N–H and O–H groups in total. The van der Waals surface area contributed by atoms with Crippen LogP contribution in [0.5, 0.6) is 5.75 Å². The predicted molar refractivity (Wildman–Crippen MR) is 70.3 cm³/mol. The molecule has 0 aromatic heterocycles. The lowest BCUT2D eigenvalue weighted by atomic mass is 10.00. The van der Waals surface area contributed by atoms with E-state index in [1.807, 2.05) is 0 Å². The van der Waals surface area contributed by atoms with Gasteiger partial charge in [-0.05, 0) is 35.9 Å². The van der Waals surface area contributed by atoms with Crippen molar-refractivity contribution in [2.24, 2.45) is 0 Å². The highest BCUT2D eigenvalue weighted by Crippen LogP contribution is 2.37. The van der Waals surface area contributed by atoms with Crippen LogP contribution >= 0.6 is 0 Å². The third-order valence-corrected chi connectivity index (χ3v) is 3.04. The molecule has 0 saturated carbocycles. The number of aromatic carboxylic acids is 1. The van der Waals surface area contributed by atoms with Gasteiger partial charge in [0.25, 0.3) is 0 Å². The van der Waals surface area contributed by atoms with Crippen molar-refractivity contribution in [1.29, 1.82) is 0 Å². The Labute approximate surface area is 122 Å². The summed E-state index contributed by atoms with van der Waals surface area (Å²) in [6.07, 6.45) is -4.55. The highest BCUT2D eigenvalue weighted by atomic mass is 19.4. The Hall–Kier alpha value is -2.57. The van der Waals surface area contributed by atoms with Gasteiger partial charge in [0.05, 0.1) is 18.2 Å². The average molecular weight is 314 g/mol. The smallest absolute Gasteiger partial charge is 0.416 e. The molecule has 7 heteroatoms. The van der Waals surface area contributed by atoms with Crippen LogP contribution in [0.15, 0.2) is 36.4 Å². The Kier molecular flexibility index (Phi) is 4.07. The first-order valence-corrected chi connectivity index (χ1v) is 6.02. The van der Waals surface area contributed by atoms with E-state index in [-0.39, 0.29) is 16.9 Å². The van der Waals surface area contributed by atoms with Crippen molar-refractivity contribution in [3.8, 4) is 16.9 Å². The lowest BCUT2D eigenvalue weighted by Gasteiger charge is -2.13. The summed E-state index contributed by atoms with van der Waals surface area (Å²) in [6, 6.07) is 5.89. The van der Waals surface area contributed by atoms with Gasteiger partial charge in [0.1, 0.15) is 11.6 Å². The van der Waals surface area contributed by atoms with Crippen LogP contribution in [0.25, 0.3) is 11.1 Å². The number of halogens is 4. The van der Waals surface area contributed by atoms with Crippen LogP contribution in [0.3, 0.4) is 0 Å². The molecule has 0 aliphatic rings. The number of benzene rings is 2. The number of alkyl halides is 3. The molecular formula is C15H10F4O3. The number of rotatable bonds is 3. The Balaban J connectivity index is 2.60. The van der Waals surface area contributed by atoms with Gasteiger partial charge in [-0.3, -0.25) is 0 Å². The van der Waals surface area contributed by atoms with Crippen molar-refractivity contribution >= 4 is 5.97 Å². The van der Waals surface area contributed by atoms with Gasteiger partial charge in [-0.2, -0.15) is 13.2 Å². The Bertz CT molecular complexity index is 723. The van der Waals surface area contributed by atoms with Crippen LogP contribution in [0.2, 0.25) is 0 Å². The van der Waals surface area contributed by atoms with E-state index in [1.165, 1.54) is 13.2 Å². The normalized spacial score (nSPS) is 11.3. The fourth-order valence-electron chi connectivity index (χ4n) is 1.97. The summed E-state index contributed by atoms with van der Waals surface area (Å²) in [7, 11) is 1.27. The summed E-state index contributed by atoms with van der Waals surface area (Å²) in [4.78, 5) is 10.8. The molecule has 0 aliphatic heterocycles. The van der Waals surface area contributed by atoms with Crippen LogP contribution in [0.1, 0.15) is 15.9 Å². The maximum atomic E-state index is 13.7. The molecule has 2 aromatic rings. The standard InChI is InChI=1S/C15H10F4O3/c1-22-13-5-3-9(15(17,18)19)7-11(13)8-2-4-10(14(20)21)12(16)6-8/h2-7H,1H3,(H,20,21). The quantitative estimate of drug-likeness (QED) is 0.863. The molecular weight excluding hydrogens is 304 g/mol. The SMILES string of the molecule is COc1ccc(C(F)(F)F)cc1-c1ccc(C(=O)O)c(F)c1. The molecule has 3 nitrogen and oxygen atoms in total. The number of carboxylic acid groups (broad SMARTS) is 1. The number of hydrogen-bond acceptors (Lipinski definition) is 2. The van der Waals surface area contributed by atoms with E-state index in [2.05, 4.69) is 0 Å². The zero-order chi connectivity index (χ0) is 16.5. The van der Waals surface area contributed by atoms with Gasteiger partial charge in [0.15, 0.2) is 0 Å². The van der Waals surface area contributed by atoms with Crippen molar-refractivity contribution in [1.82, 2.24) is 0 Å². The first-order valence-electron chi connectivity index (χ1n) is 6.02. The molecule has 0 bridgehead atoms. The van der Waals surface area contributed by atoms with Crippen LogP contribution in [-0.2, 0) is 6.18 Å². The lowest BCUT2D eigenvalue weighted by Crippen LogP contribution is -2.05. The first kappa shape index (κ1) is 15.8. The molecule has 0 heterocycles. The number of hydrogen-bond donors (Lipinski definition) is 1. The summed E-state index contributed by atoms with van der Waals surface area (Å²) in [5, 5.41) is 8.77. The summed E-state index contributed by atoms with van der Waals surface area (Å²) in [5.74, 6) is -2.38. The van der Waals surface area contributed by atoms with Crippen molar-refractivity contribution < 1.29 is 32.2 Å². The molecule has 22 heavy (non-hydrogen) atoms. The van der Waals surface area contributed by atoms with Gasteiger partial charge in [0, 0.05) is 5.56 Å². The number of ether oxygens (including phenoxy) is 1. The molecule has 2 rings (SSSR count). The molecule has 0 unspecified atom stereocenters. The van der Waals surface area contributed by atoms with Crippen molar-refractivity contribution in [3.63, 3.8) is 0 Å². The van der Waals surface area contributed by atoms with Crippen molar-refractivity contribution in [2.45, 2.75) is 6.18 Å². The third-order valence-electron chi connectivity index (χ3n) is 3.04. The molecule has 0 amide bonds. The van der Waals surface area contributed by atoms with Crippen molar-refractivity contribution in [2.75, 3.05) is 7.11 Å². The topological polar surface area (TPSA) is 46.5 Å². The molecule has 0 aliphatic carbocycles. The summed E-state index contributed by atoms with van der Waals surface area (Å²) in [6.45, 7) is 0. The van der Waals surface area contributed by atoms with Gasteiger partial charge >= 0.3 is 12.1 Å². The highest BCUT2D eigenvalue weighted by molar-refractivity contribution is 5.89. The van der Waals surface area contributed by atoms with E-state index in [0.717, 1.165) is 30.3 Å². The second kappa shape index (κ2) is 5.67. The maximum absolute atomic E-state index is 13.7.